The summed E-state index contributed by atoms with van der Waals surface area (Å²) in [5, 5.41) is 2.99. The van der Waals surface area contributed by atoms with Crippen molar-refractivity contribution in [3.05, 3.63) is 69.8 Å². The Morgan fingerprint density at radius 1 is 1.10 bits per heavy atom. The molecule has 0 N–H and O–H groups in total. The molecular weight excluding hydrogens is 384 g/mol. The van der Waals surface area contributed by atoms with E-state index < -0.39 is 0 Å². The minimum Gasteiger partial charge on any atom is -0.486 e. The first-order valence-electron chi connectivity index (χ1n) is 9.70. The van der Waals surface area contributed by atoms with Crippen molar-refractivity contribution in [1.29, 1.82) is 0 Å². The molecule has 0 bridgehead atoms. The van der Waals surface area contributed by atoms with Gasteiger partial charge in [-0.25, -0.2) is 9.97 Å². The summed E-state index contributed by atoms with van der Waals surface area (Å²) in [6.45, 7) is 7.22. The molecule has 0 atom stereocenters. The fraction of sp³-hybridized carbons (Fsp3) is 0.318. The van der Waals surface area contributed by atoms with Crippen LogP contribution in [-0.2, 0) is 6.61 Å². The second-order valence-corrected chi connectivity index (χ2v) is 8.18. The maximum atomic E-state index is 13.1. The van der Waals surface area contributed by atoms with Gasteiger partial charge in [0, 0.05) is 37.8 Å². The Labute approximate surface area is 174 Å². The second kappa shape index (κ2) is 8.61. The van der Waals surface area contributed by atoms with Crippen molar-refractivity contribution in [3.8, 4) is 5.75 Å². The van der Waals surface area contributed by atoms with Crippen molar-refractivity contribution < 1.29 is 9.53 Å². The summed E-state index contributed by atoms with van der Waals surface area (Å²) in [5.74, 6) is 1.57. The topological polar surface area (TPSA) is 58.6 Å². The molecule has 0 saturated carbocycles. The zero-order valence-electron chi connectivity index (χ0n) is 16.7. The number of hydrogen-bond donors (Lipinski definition) is 0. The molecule has 3 heterocycles. The van der Waals surface area contributed by atoms with Gasteiger partial charge in [0.2, 0.25) is 0 Å². The Morgan fingerprint density at radius 2 is 1.90 bits per heavy atom. The number of piperazine rings is 1. The van der Waals surface area contributed by atoms with Gasteiger partial charge in [0.1, 0.15) is 18.2 Å². The number of carbonyl (C=O) groups is 1. The molecule has 1 fully saturated rings. The molecule has 1 amide bonds. The molecule has 1 aliphatic rings. The maximum absolute atomic E-state index is 13.1. The minimum absolute atomic E-state index is 0.00609. The third-order valence-corrected chi connectivity index (χ3v) is 5.77. The number of nitrogens with zero attached hydrogens (tertiary/aromatic N) is 4. The largest absolute Gasteiger partial charge is 0.486 e. The van der Waals surface area contributed by atoms with Crippen molar-refractivity contribution in [2.45, 2.75) is 20.5 Å². The first-order chi connectivity index (χ1) is 14.1. The lowest BCUT2D eigenvalue weighted by Crippen LogP contribution is -2.49. The lowest BCUT2D eigenvalue weighted by Gasteiger charge is -2.35. The number of hydrogen-bond acceptors (Lipinski definition) is 6. The predicted octanol–water partition coefficient (Wildman–Crippen LogP) is 3.70. The molecule has 1 aromatic carbocycles. The summed E-state index contributed by atoms with van der Waals surface area (Å²) in [7, 11) is 0. The molecule has 0 radical (unpaired) electrons. The second-order valence-electron chi connectivity index (χ2n) is 7.12. The standard InChI is InChI=1S/C22H24N4O2S/c1-16-7-8-21(23-13-16)25-9-11-26(12-10-25)22(27)19-5-3-4-6-20(19)28-14-18-15-29-17(2)24-18/h3-8,13,15H,9-12,14H2,1-2H3. The molecule has 0 aliphatic carbocycles. The number of pyridine rings is 1. The number of aromatic nitrogens is 2. The van der Waals surface area contributed by atoms with Gasteiger partial charge < -0.3 is 14.5 Å². The molecule has 0 unspecified atom stereocenters. The molecule has 4 rings (SSSR count). The van der Waals surface area contributed by atoms with Crippen molar-refractivity contribution in [2.75, 3.05) is 31.1 Å². The highest BCUT2D eigenvalue weighted by Crippen LogP contribution is 2.23. The normalized spacial score (nSPS) is 14.1. The monoisotopic (exact) mass is 408 g/mol. The van der Waals surface area contributed by atoms with E-state index in [1.165, 1.54) is 0 Å². The van der Waals surface area contributed by atoms with Gasteiger partial charge in [0.15, 0.2) is 0 Å². The van der Waals surface area contributed by atoms with Crippen LogP contribution >= 0.6 is 11.3 Å². The highest BCUT2D eigenvalue weighted by Gasteiger charge is 2.24. The van der Waals surface area contributed by atoms with Gasteiger partial charge in [-0.15, -0.1) is 11.3 Å². The van der Waals surface area contributed by atoms with E-state index in [0.717, 1.165) is 35.2 Å². The van der Waals surface area contributed by atoms with Gasteiger partial charge in [-0.1, -0.05) is 18.2 Å². The number of rotatable bonds is 5. The Balaban J connectivity index is 1.40. The van der Waals surface area contributed by atoms with E-state index in [1.807, 2.05) is 60.7 Å². The molecule has 29 heavy (non-hydrogen) atoms. The lowest BCUT2D eigenvalue weighted by atomic mass is 10.1. The summed E-state index contributed by atoms with van der Waals surface area (Å²) in [4.78, 5) is 26.1. The molecule has 7 heteroatoms. The number of aryl methyl sites for hydroxylation is 2. The first kappa shape index (κ1) is 19.4. The number of anilines is 1. The predicted molar refractivity (Wildman–Crippen MR) is 115 cm³/mol. The summed E-state index contributed by atoms with van der Waals surface area (Å²) >= 11 is 1.60. The van der Waals surface area contributed by atoms with Gasteiger partial charge >= 0.3 is 0 Å². The Morgan fingerprint density at radius 3 is 2.59 bits per heavy atom. The quantitative estimate of drug-likeness (QED) is 0.644. The van der Waals surface area contributed by atoms with E-state index in [0.29, 0.717) is 31.0 Å². The number of ether oxygens (including phenoxy) is 1. The molecule has 0 spiro atoms. The van der Waals surface area contributed by atoms with Crippen LogP contribution < -0.4 is 9.64 Å². The highest BCUT2D eigenvalue weighted by atomic mass is 32.1. The average molecular weight is 409 g/mol. The van der Waals surface area contributed by atoms with Crippen LogP contribution in [-0.4, -0.2) is 47.0 Å². The third-order valence-electron chi connectivity index (χ3n) is 4.95. The minimum atomic E-state index is 0.00609. The molecule has 1 saturated heterocycles. The highest BCUT2D eigenvalue weighted by molar-refractivity contribution is 7.09. The van der Waals surface area contributed by atoms with Crippen LogP contribution in [0, 0.1) is 13.8 Å². The first-order valence-corrected chi connectivity index (χ1v) is 10.6. The number of carbonyl (C=O) groups excluding carboxylic acids is 1. The summed E-state index contributed by atoms with van der Waals surface area (Å²) in [6.07, 6.45) is 1.88. The van der Waals surface area contributed by atoms with Crippen LogP contribution in [0.4, 0.5) is 5.82 Å². The fourth-order valence-electron chi connectivity index (χ4n) is 3.35. The van der Waals surface area contributed by atoms with Crippen molar-refractivity contribution in [2.24, 2.45) is 0 Å². The van der Waals surface area contributed by atoms with Crippen molar-refractivity contribution >= 4 is 23.1 Å². The van der Waals surface area contributed by atoms with E-state index in [-0.39, 0.29) is 5.91 Å². The Bertz CT molecular complexity index is 978. The number of amides is 1. The van der Waals surface area contributed by atoms with E-state index in [9.17, 15) is 4.79 Å². The SMILES string of the molecule is Cc1ccc(N2CCN(C(=O)c3ccccc3OCc3csc(C)n3)CC2)nc1. The Kier molecular flexibility index (Phi) is 5.76. The van der Waals surface area contributed by atoms with Crippen molar-refractivity contribution in [3.63, 3.8) is 0 Å². The molecule has 1 aliphatic heterocycles. The zero-order valence-corrected chi connectivity index (χ0v) is 17.5. The maximum Gasteiger partial charge on any atom is 0.257 e. The molecule has 2 aromatic heterocycles. The van der Waals surface area contributed by atoms with E-state index in [1.54, 1.807) is 11.3 Å². The Hall–Kier alpha value is -2.93. The van der Waals surface area contributed by atoms with Gasteiger partial charge in [-0.05, 0) is 37.6 Å². The third kappa shape index (κ3) is 4.56. The molecule has 3 aromatic rings. The van der Waals surface area contributed by atoms with Gasteiger partial charge in [0.25, 0.3) is 5.91 Å². The van der Waals surface area contributed by atoms with Crippen LogP contribution in [0.5, 0.6) is 5.75 Å². The zero-order chi connectivity index (χ0) is 20.2. The van der Waals surface area contributed by atoms with E-state index in [4.69, 9.17) is 4.74 Å². The van der Waals surface area contributed by atoms with Crippen LogP contribution in [0.1, 0.15) is 26.6 Å². The molecular formula is C22H24N4O2S. The lowest BCUT2D eigenvalue weighted by molar-refractivity contribution is 0.0741. The van der Waals surface area contributed by atoms with Crippen molar-refractivity contribution in [1.82, 2.24) is 14.9 Å². The van der Waals surface area contributed by atoms with Crippen LogP contribution in [0.15, 0.2) is 48.0 Å². The fourth-order valence-corrected chi connectivity index (χ4v) is 3.95. The van der Waals surface area contributed by atoms with E-state index in [2.05, 4.69) is 20.9 Å². The van der Waals surface area contributed by atoms with Crippen LogP contribution in [0.3, 0.4) is 0 Å². The summed E-state index contributed by atoms with van der Waals surface area (Å²) < 4.78 is 5.93. The average Bonchev–Trinajstić information content (AvgIpc) is 3.18. The van der Waals surface area contributed by atoms with Gasteiger partial charge in [-0.3, -0.25) is 4.79 Å². The molecule has 6 nitrogen and oxygen atoms in total. The number of para-hydroxylation sites is 1. The van der Waals surface area contributed by atoms with E-state index >= 15 is 0 Å². The smallest absolute Gasteiger partial charge is 0.257 e. The van der Waals surface area contributed by atoms with Gasteiger partial charge in [0.05, 0.1) is 16.3 Å². The van der Waals surface area contributed by atoms with Crippen LogP contribution in [0.25, 0.3) is 0 Å². The summed E-state index contributed by atoms with van der Waals surface area (Å²) in [5.41, 5.74) is 2.63. The van der Waals surface area contributed by atoms with Crippen LogP contribution in [0.2, 0.25) is 0 Å². The molecule has 150 valence electrons. The number of thiazole rings is 1. The van der Waals surface area contributed by atoms with Gasteiger partial charge in [-0.2, -0.15) is 0 Å². The summed E-state index contributed by atoms with van der Waals surface area (Å²) in [6, 6.07) is 11.5. The number of benzene rings is 1.